The molecule has 2 rings (SSSR count). The van der Waals surface area contributed by atoms with E-state index in [0.717, 1.165) is 12.1 Å². The van der Waals surface area contributed by atoms with Gasteiger partial charge in [-0.1, -0.05) is 23.7 Å². The van der Waals surface area contributed by atoms with Crippen LogP contribution < -0.4 is 10.6 Å². The molecule has 0 bridgehead atoms. The number of anilines is 1. The van der Waals surface area contributed by atoms with Gasteiger partial charge in [0, 0.05) is 11.6 Å². The molecule has 110 valence electrons. The summed E-state index contributed by atoms with van der Waals surface area (Å²) in [5.41, 5.74) is 1.27. The summed E-state index contributed by atoms with van der Waals surface area (Å²) in [6, 6.07) is 7.22. The van der Waals surface area contributed by atoms with E-state index in [1.54, 1.807) is 18.3 Å². The van der Waals surface area contributed by atoms with Crippen molar-refractivity contribution < 1.29 is 4.79 Å². The highest BCUT2D eigenvalue weighted by Gasteiger charge is 2.13. The second-order valence-electron chi connectivity index (χ2n) is 4.56. The van der Waals surface area contributed by atoms with Crippen LogP contribution in [0.25, 0.3) is 0 Å². The Morgan fingerprint density at radius 3 is 2.52 bits per heavy atom. The summed E-state index contributed by atoms with van der Waals surface area (Å²) in [5, 5.41) is 6.57. The first-order valence-electron chi connectivity index (χ1n) is 6.72. The summed E-state index contributed by atoms with van der Waals surface area (Å²) >= 11 is 5.85. The van der Waals surface area contributed by atoms with E-state index >= 15 is 0 Å². The predicted molar refractivity (Wildman–Crippen MR) is 83.5 cm³/mol. The third kappa shape index (κ3) is 4.16. The minimum atomic E-state index is -0.256. The van der Waals surface area contributed by atoms with Crippen molar-refractivity contribution in [2.75, 3.05) is 11.9 Å². The van der Waals surface area contributed by atoms with Crippen LogP contribution in [-0.2, 0) is 0 Å². The van der Waals surface area contributed by atoms with Crippen molar-refractivity contribution in [1.29, 1.82) is 0 Å². The fourth-order valence-corrected chi connectivity index (χ4v) is 1.95. The number of rotatable bonds is 5. The highest BCUT2D eigenvalue weighted by atomic mass is 35.5. The number of halogens is 1. The number of hydrogen-bond donors (Lipinski definition) is 2. The molecule has 1 unspecified atom stereocenters. The summed E-state index contributed by atoms with van der Waals surface area (Å²) in [7, 11) is 0. The monoisotopic (exact) mass is 304 g/mol. The van der Waals surface area contributed by atoms with Crippen molar-refractivity contribution in [2.24, 2.45) is 0 Å². The SMILES string of the molecule is CCNc1cnc(C(=O)NC(C)c2ccc(Cl)cc2)cn1. The molecule has 6 heteroatoms. The zero-order valence-corrected chi connectivity index (χ0v) is 12.7. The van der Waals surface area contributed by atoms with E-state index in [0.29, 0.717) is 10.8 Å². The van der Waals surface area contributed by atoms with Gasteiger partial charge < -0.3 is 10.6 Å². The van der Waals surface area contributed by atoms with Gasteiger partial charge in [0.15, 0.2) is 0 Å². The molecular weight excluding hydrogens is 288 g/mol. The second kappa shape index (κ2) is 7.04. The quantitative estimate of drug-likeness (QED) is 0.891. The van der Waals surface area contributed by atoms with Gasteiger partial charge in [-0.2, -0.15) is 0 Å². The first kappa shape index (κ1) is 15.3. The van der Waals surface area contributed by atoms with E-state index in [2.05, 4.69) is 20.6 Å². The molecule has 1 aromatic heterocycles. The normalized spacial score (nSPS) is 11.8. The molecule has 21 heavy (non-hydrogen) atoms. The molecule has 0 aliphatic rings. The van der Waals surface area contributed by atoms with Crippen molar-refractivity contribution in [2.45, 2.75) is 19.9 Å². The standard InChI is InChI=1S/C15H17ClN4O/c1-3-17-14-9-18-13(8-19-14)15(21)20-10(2)11-4-6-12(16)7-5-11/h4-10H,3H2,1-2H3,(H,17,19)(H,20,21). The number of hydrogen-bond acceptors (Lipinski definition) is 4. The molecule has 0 saturated carbocycles. The Labute approximate surface area is 128 Å². The van der Waals surface area contributed by atoms with Crippen molar-refractivity contribution in [3.05, 3.63) is 52.9 Å². The molecular formula is C15H17ClN4O. The fourth-order valence-electron chi connectivity index (χ4n) is 1.82. The van der Waals surface area contributed by atoms with Crippen LogP contribution in [0.5, 0.6) is 0 Å². The average molecular weight is 305 g/mol. The lowest BCUT2D eigenvalue weighted by Crippen LogP contribution is -2.27. The van der Waals surface area contributed by atoms with E-state index in [9.17, 15) is 4.79 Å². The number of carbonyl (C=O) groups excluding carboxylic acids is 1. The van der Waals surface area contributed by atoms with Crippen LogP contribution in [0.3, 0.4) is 0 Å². The van der Waals surface area contributed by atoms with Crippen LogP contribution in [0, 0.1) is 0 Å². The van der Waals surface area contributed by atoms with Gasteiger partial charge in [0.2, 0.25) is 0 Å². The van der Waals surface area contributed by atoms with E-state index in [-0.39, 0.29) is 17.6 Å². The lowest BCUT2D eigenvalue weighted by atomic mass is 10.1. The topological polar surface area (TPSA) is 66.9 Å². The molecule has 0 radical (unpaired) electrons. The summed E-state index contributed by atoms with van der Waals surface area (Å²) in [5.74, 6) is 0.396. The molecule has 0 saturated heterocycles. The van der Waals surface area contributed by atoms with Crippen molar-refractivity contribution in [3.63, 3.8) is 0 Å². The van der Waals surface area contributed by atoms with Crippen molar-refractivity contribution in [3.8, 4) is 0 Å². The van der Waals surface area contributed by atoms with Crippen LogP contribution in [0.15, 0.2) is 36.7 Å². The van der Waals surface area contributed by atoms with E-state index < -0.39 is 0 Å². The zero-order chi connectivity index (χ0) is 15.2. The Morgan fingerprint density at radius 2 is 1.95 bits per heavy atom. The van der Waals surface area contributed by atoms with Crippen LogP contribution in [0.4, 0.5) is 5.82 Å². The number of amides is 1. The average Bonchev–Trinajstić information content (AvgIpc) is 2.49. The van der Waals surface area contributed by atoms with E-state index in [1.165, 1.54) is 6.20 Å². The Kier molecular flexibility index (Phi) is 5.11. The smallest absolute Gasteiger partial charge is 0.271 e. The first-order valence-corrected chi connectivity index (χ1v) is 7.10. The summed E-state index contributed by atoms with van der Waals surface area (Å²) in [4.78, 5) is 20.3. The van der Waals surface area contributed by atoms with Crippen LogP contribution in [-0.4, -0.2) is 22.4 Å². The second-order valence-corrected chi connectivity index (χ2v) is 5.00. The minimum absolute atomic E-state index is 0.134. The summed E-state index contributed by atoms with van der Waals surface area (Å²) in [6.07, 6.45) is 3.01. The highest BCUT2D eigenvalue weighted by molar-refractivity contribution is 6.30. The molecule has 0 aliphatic heterocycles. The van der Waals surface area contributed by atoms with Crippen LogP contribution in [0.1, 0.15) is 35.9 Å². The first-order chi connectivity index (χ1) is 10.1. The molecule has 2 N–H and O–H groups in total. The molecule has 1 amide bonds. The summed E-state index contributed by atoms with van der Waals surface area (Å²) in [6.45, 7) is 4.63. The van der Waals surface area contributed by atoms with Crippen molar-refractivity contribution in [1.82, 2.24) is 15.3 Å². The molecule has 1 aromatic carbocycles. The third-order valence-corrected chi connectivity index (χ3v) is 3.21. The third-order valence-electron chi connectivity index (χ3n) is 2.96. The summed E-state index contributed by atoms with van der Waals surface area (Å²) < 4.78 is 0. The number of nitrogens with one attached hydrogen (secondary N) is 2. The van der Waals surface area contributed by atoms with Crippen LogP contribution >= 0.6 is 11.6 Å². The fraction of sp³-hybridized carbons (Fsp3) is 0.267. The molecule has 2 aromatic rings. The number of benzene rings is 1. The number of nitrogens with zero attached hydrogens (tertiary/aromatic N) is 2. The highest BCUT2D eigenvalue weighted by Crippen LogP contribution is 2.16. The van der Waals surface area contributed by atoms with Gasteiger partial charge in [-0.05, 0) is 31.5 Å². The minimum Gasteiger partial charge on any atom is -0.369 e. The van der Waals surface area contributed by atoms with Gasteiger partial charge in [-0.25, -0.2) is 9.97 Å². The van der Waals surface area contributed by atoms with Crippen LogP contribution in [0.2, 0.25) is 5.02 Å². The molecule has 5 nitrogen and oxygen atoms in total. The Morgan fingerprint density at radius 1 is 1.24 bits per heavy atom. The van der Waals surface area contributed by atoms with Gasteiger partial charge in [-0.15, -0.1) is 0 Å². The molecule has 0 aliphatic carbocycles. The lowest BCUT2D eigenvalue weighted by molar-refractivity contribution is 0.0934. The molecule has 1 atom stereocenters. The lowest BCUT2D eigenvalue weighted by Gasteiger charge is -2.14. The van der Waals surface area contributed by atoms with E-state index in [4.69, 9.17) is 11.6 Å². The van der Waals surface area contributed by atoms with Gasteiger partial charge in [0.05, 0.1) is 18.4 Å². The Balaban J connectivity index is 2.01. The van der Waals surface area contributed by atoms with Crippen molar-refractivity contribution >= 4 is 23.3 Å². The zero-order valence-electron chi connectivity index (χ0n) is 11.9. The Bertz CT molecular complexity index is 598. The van der Waals surface area contributed by atoms with Gasteiger partial charge >= 0.3 is 0 Å². The predicted octanol–water partition coefficient (Wildman–Crippen LogP) is 3.05. The number of aromatic nitrogens is 2. The van der Waals surface area contributed by atoms with Gasteiger partial charge in [0.25, 0.3) is 5.91 Å². The van der Waals surface area contributed by atoms with Gasteiger partial charge in [-0.3, -0.25) is 4.79 Å². The van der Waals surface area contributed by atoms with E-state index in [1.807, 2.05) is 26.0 Å². The molecule has 0 fully saturated rings. The maximum Gasteiger partial charge on any atom is 0.271 e. The van der Waals surface area contributed by atoms with Gasteiger partial charge in [0.1, 0.15) is 11.5 Å². The maximum atomic E-state index is 12.1. The Hall–Kier alpha value is -2.14. The molecule has 1 heterocycles. The molecule has 0 spiro atoms. The maximum absolute atomic E-state index is 12.1. The largest absolute Gasteiger partial charge is 0.369 e. The number of carbonyl (C=O) groups is 1.